The van der Waals surface area contributed by atoms with Crippen LogP contribution >= 0.6 is 11.3 Å². The number of ether oxygens (including phenoxy) is 1. The van der Waals surface area contributed by atoms with E-state index in [1.807, 2.05) is 17.5 Å². The van der Waals surface area contributed by atoms with Crippen molar-refractivity contribution in [3.8, 4) is 22.2 Å². The van der Waals surface area contributed by atoms with Gasteiger partial charge in [-0.3, -0.25) is 4.72 Å². The van der Waals surface area contributed by atoms with Crippen LogP contribution in [0.1, 0.15) is 17.3 Å². The van der Waals surface area contributed by atoms with Gasteiger partial charge in [-0.2, -0.15) is 4.98 Å². The monoisotopic (exact) mass is 455 g/mol. The molecule has 2 aromatic carbocycles. The first kappa shape index (κ1) is 20.8. The SMILES string of the molecule is CCOC(=O)c1ccc(S(=O)(=O)Nc2ccccc2-c2nc(-c3cccs3)no2)cc1. The molecule has 0 spiro atoms. The average Bonchev–Trinajstić information content (AvgIpc) is 3.46. The molecular weight excluding hydrogens is 438 g/mol. The van der Waals surface area contributed by atoms with Crippen molar-refractivity contribution in [1.29, 1.82) is 0 Å². The van der Waals surface area contributed by atoms with E-state index in [1.165, 1.54) is 35.6 Å². The van der Waals surface area contributed by atoms with Gasteiger partial charge in [0.1, 0.15) is 0 Å². The van der Waals surface area contributed by atoms with E-state index in [9.17, 15) is 13.2 Å². The van der Waals surface area contributed by atoms with Crippen LogP contribution in [0.15, 0.2) is 75.5 Å². The van der Waals surface area contributed by atoms with Crippen LogP contribution in [-0.4, -0.2) is 31.1 Å². The number of rotatable bonds is 7. The van der Waals surface area contributed by atoms with Gasteiger partial charge in [0.2, 0.25) is 5.82 Å². The van der Waals surface area contributed by atoms with E-state index >= 15 is 0 Å². The molecule has 1 N–H and O–H groups in total. The molecule has 0 saturated carbocycles. The Hall–Kier alpha value is -3.50. The molecular formula is C21H17N3O5S2. The van der Waals surface area contributed by atoms with Crippen molar-refractivity contribution in [2.45, 2.75) is 11.8 Å². The number of nitrogens with zero attached hydrogens (tertiary/aromatic N) is 2. The van der Waals surface area contributed by atoms with Crippen molar-refractivity contribution in [3.63, 3.8) is 0 Å². The maximum atomic E-state index is 12.9. The predicted octanol–water partition coefficient (Wildman–Crippen LogP) is 4.44. The molecule has 0 atom stereocenters. The number of aromatic nitrogens is 2. The van der Waals surface area contributed by atoms with Crippen molar-refractivity contribution in [2.75, 3.05) is 11.3 Å². The summed E-state index contributed by atoms with van der Waals surface area (Å²) in [5, 5.41) is 5.88. The molecule has 4 rings (SSSR count). The topological polar surface area (TPSA) is 111 Å². The van der Waals surface area contributed by atoms with Crippen molar-refractivity contribution in [2.24, 2.45) is 0 Å². The summed E-state index contributed by atoms with van der Waals surface area (Å²) in [5.41, 5.74) is 1.01. The smallest absolute Gasteiger partial charge is 0.338 e. The number of anilines is 1. The molecule has 0 bridgehead atoms. The van der Waals surface area contributed by atoms with E-state index in [2.05, 4.69) is 14.9 Å². The van der Waals surface area contributed by atoms with Crippen LogP contribution < -0.4 is 4.72 Å². The lowest BCUT2D eigenvalue weighted by Crippen LogP contribution is -2.14. The maximum Gasteiger partial charge on any atom is 0.338 e. The fraction of sp³-hybridized carbons (Fsp3) is 0.0952. The number of carbonyl (C=O) groups is 1. The van der Waals surface area contributed by atoms with E-state index in [-0.39, 0.29) is 23.0 Å². The Morgan fingerprint density at radius 3 is 2.58 bits per heavy atom. The lowest BCUT2D eigenvalue weighted by molar-refractivity contribution is 0.0526. The second-order valence-electron chi connectivity index (χ2n) is 6.30. The van der Waals surface area contributed by atoms with Gasteiger partial charge in [0, 0.05) is 0 Å². The lowest BCUT2D eigenvalue weighted by Gasteiger charge is -2.11. The second-order valence-corrected chi connectivity index (χ2v) is 8.93. The molecule has 0 radical (unpaired) electrons. The molecule has 10 heteroatoms. The van der Waals surface area contributed by atoms with E-state index in [1.54, 1.807) is 31.2 Å². The number of thiophene rings is 1. The second kappa shape index (κ2) is 8.70. The van der Waals surface area contributed by atoms with Crippen molar-refractivity contribution < 1.29 is 22.5 Å². The molecule has 0 fully saturated rings. The van der Waals surface area contributed by atoms with Crippen LogP contribution in [0, 0.1) is 0 Å². The minimum Gasteiger partial charge on any atom is -0.462 e. The maximum absolute atomic E-state index is 12.9. The summed E-state index contributed by atoms with van der Waals surface area (Å²) in [7, 11) is -3.92. The minimum atomic E-state index is -3.92. The van der Waals surface area contributed by atoms with E-state index in [0.717, 1.165) is 4.88 Å². The first-order valence-corrected chi connectivity index (χ1v) is 11.6. The van der Waals surface area contributed by atoms with Crippen LogP contribution in [-0.2, 0) is 14.8 Å². The van der Waals surface area contributed by atoms with Crippen LogP contribution in [0.4, 0.5) is 5.69 Å². The molecule has 4 aromatic rings. The largest absolute Gasteiger partial charge is 0.462 e. The molecule has 0 unspecified atom stereocenters. The number of carbonyl (C=O) groups excluding carboxylic acids is 1. The Balaban J connectivity index is 1.61. The number of hydrogen-bond acceptors (Lipinski definition) is 8. The van der Waals surface area contributed by atoms with Crippen LogP contribution in [0.3, 0.4) is 0 Å². The van der Waals surface area contributed by atoms with E-state index in [0.29, 0.717) is 17.1 Å². The molecule has 31 heavy (non-hydrogen) atoms. The third-order valence-corrected chi connectivity index (χ3v) is 6.49. The standard InChI is InChI=1S/C21H17N3O5S2/c1-2-28-21(25)14-9-11-15(12-10-14)31(26,27)24-17-7-4-3-6-16(17)20-22-19(23-29-20)18-8-5-13-30-18/h3-13,24H,2H2,1H3. The van der Waals surface area contributed by atoms with E-state index in [4.69, 9.17) is 9.26 Å². The molecule has 2 aromatic heterocycles. The zero-order chi connectivity index (χ0) is 21.8. The molecule has 0 aliphatic heterocycles. The zero-order valence-electron chi connectivity index (χ0n) is 16.3. The van der Waals surface area contributed by atoms with Gasteiger partial charge in [-0.05, 0) is 54.8 Å². The van der Waals surface area contributed by atoms with Crippen molar-refractivity contribution >= 4 is 33.0 Å². The number of para-hydroxylation sites is 1. The Labute approximate surface area is 182 Å². The first-order chi connectivity index (χ1) is 15.0. The van der Waals surface area contributed by atoms with Crippen LogP contribution in [0.5, 0.6) is 0 Å². The van der Waals surface area contributed by atoms with Gasteiger partial charge < -0.3 is 9.26 Å². The summed E-state index contributed by atoms with van der Waals surface area (Å²) in [6.07, 6.45) is 0. The normalized spacial score (nSPS) is 11.3. The highest BCUT2D eigenvalue weighted by Gasteiger charge is 2.20. The Bertz CT molecular complexity index is 1300. The molecule has 0 amide bonds. The number of nitrogens with one attached hydrogen (secondary N) is 1. The Morgan fingerprint density at radius 1 is 1.10 bits per heavy atom. The molecule has 2 heterocycles. The summed E-state index contributed by atoms with van der Waals surface area (Å²) < 4.78 is 38.6. The summed E-state index contributed by atoms with van der Waals surface area (Å²) in [5.74, 6) is 0.110. The molecule has 8 nitrogen and oxygen atoms in total. The first-order valence-electron chi connectivity index (χ1n) is 9.25. The molecule has 0 saturated heterocycles. The fourth-order valence-electron chi connectivity index (χ4n) is 2.79. The fourth-order valence-corrected chi connectivity index (χ4v) is 4.51. The third-order valence-electron chi connectivity index (χ3n) is 4.25. The van der Waals surface area contributed by atoms with E-state index < -0.39 is 16.0 Å². The quantitative estimate of drug-likeness (QED) is 0.410. The van der Waals surface area contributed by atoms with Gasteiger partial charge in [-0.25, -0.2) is 13.2 Å². The molecule has 0 aliphatic rings. The highest BCUT2D eigenvalue weighted by molar-refractivity contribution is 7.92. The molecule has 158 valence electrons. The Kier molecular flexibility index (Phi) is 5.83. The van der Waals surface area contributed by atoms with Gasteiger partial charge in [0.15, 0.2) is 0 Å². The van der Waals surface area contributed by atoms with Gasteiger partial charge in [0.05, 0.1) is 33.2 Å². The lowest BCUT2D eigenvalue weighted by atomic mass is 10.2. The number of benzene rings is 2. The summed E-state index contributed by atoms with van der Waals surface area (Å²) in [4.78, 5) is 17.0. The van der Waals surface area contributed by atoms with Gasteiger partial charge in [-0.1, -0.05) is 23.4 Å². The predicted molar refractivity (Wildman–Crippen MR) is 116 cm³/mol. The summed E-state index contributed by atoms with van der Waals surface area (Å²) in [6, 6.07) is 16.0. The number of esters is 1. The third kappa shape index (κ3) is 4.49. The van der Waals surface area contributed by atoms with Crippen LogP contribution in [0.2, 0.25) is 0 Å². The van der Waals surface area contributed by atoms with Gasteiger partial charge in [-0.15, -0.1) is 11.3 Å². The highest BCUT2D eigenvalue weighted by Crippen LogP contribution is 2.31. The van der Waals surface area contributed by atoms with Crippen LogP contribution in [0.25, 0.3) is 22.2 Å². The molecule has 0 aliphatic carbocycles. The Morgan fingerprint density at radius 2 is 1.87 bits per heavy atom. The number of sulfonamides is 1. The minimum absolute atomic E-state index is 0.000144. The van der Waals surface area contributed by atoms with Gasteiger partial charge >= 0.3 is 5.97 Å². The van der Waals surface area contributed by atoms with Crippen molar-refractivity contribution in [3.05, 3.63) is 71.6 Å². The summed E-state index contributed by atoms with van der Waals surface area (Å²) in [6.45, 7) is 1.94. The van der Waals surface area contributed by atoms with Gasteiger partial charge in [0.25, 0.3) is 15.9 Å². The zero-order valence-corrected chi connectivity index (χ0v) is 17.9. The highest BCUT2D eigenvalue weighted by atomic mass is 32.2. The number of hydrogen-bond donors (Lipinski definition) is 1. The average molecular weight is 456 g/mol. The summed E-state index contributed by atoms with van der Waals surface area (Å²) >= 11 is 1.47. The van der Waals surface area contributed by atoms with Crippen molar-refractivity contribution in [1.82, 2.24) is 10.1 Å².